The van der Waals surface area contributed by atoms with E-state index in [0.717, 1.165) is 47.0 Å². The van der Waals surface area contributed by atoms with Crippen molar-refractivity contribution in [1.29, 1.82) is 0 Å². The first kappa shape index (κ1) is 24.9. The third-order valence-corrected chi connectivity index (χ3v) is 7.62. The van der Waals surface area contributed by atoms with Crippen LogP contribution in [0.1, 0.15) is 10.4 Å². The molecule has 0 saturated carbocycles. The van der Waals surface area contributed by atoms with Gasteiger partial charge in [-0.05, 0) is 49.5 Å². The van der Waals surface area contributed by atoms with Crippen LogP contribution < -0.4 is 24.4 Å². The lowest BCUT2D eigenvalue weighted by Crippen LogP contribution is -2.44. The van der Waals surface area contributed by atoms with Crippen molar-refractivity contribution < 1.29 is 19.0 Å². The third kappa shape index (κ3) is 5.19. The number of piperazine rings is 1. The summed E-state index contributed by atoms with van der Waals surface area (Å²) >= 11 is 1.58. The number of rotatable bonds is 7. The van der Waals surface area contributed by atoms with E-state index < -0.39 is 0 Å². The van der Waals surface area contributed by atoms with Crippen molar-refractivity contribution in [1.82, 2.24) is 9.88 Å². The molecule has 0 aliphatic carbocycles. The van der Waals surface area contributed by atoms with Crippen LogP contribution in [-0.2, 0) is 0 Å². The molecule has 0 radical (unpaired) electrons. The van der Waals surface area contributed by atoms with Crippen molar-refractivity contribution >= 4 is 38.8 Å². The van der Waals surface area contributed by atoms with Crippen LogP contribution in [-0.4, -0.2) is 70.3 Å². The number of nitrogens with zero attached hydrogens (tertiary/aromatic N) is 3. The zero-order valence-electron chi connectivity index (χ0n) is 21.4. The first-order chi connectivity index (χ1) is 18.0. The van der Waals surface area contributed by atoms with E-state index in [-0.39, 0.29) is 5.91 Å². The van der Waals surface area contributed by atoms with Gasteiger partial charge in [-0.1, -0.05) is 0 Å². The number of carbonyl (C=O) groups is 1. The minimum Gasteiger partial charge on any atom is -0.493 e. The number of aromatic nitrogens is 1. The average Bonchev–Trinajstić information content (AvgIpc) is 3.36. The van der Waals surface area contributed by atoms with Gasteiger partial charge in [-0.15, -0.1) is 11.3 Å². The molecule has 1 aliphatic rings. The van der Waals surface area contributed by atoms with Crippen LogP contribution in [0.25, 0.3) is 20.8 Å². The van der Waals surface area contributed by atoms with Crippen LogP contribution in [0.3, 0.4) is 0 Å². The molecule has 192 valence electrons. The Hall–Kier alpha value is -3.82. The summed E-state index contributed by atoms with van der Waals surface area (Å²) in [7, 11) is 6.78. The Morgan fingerprint density at radius 1 is 0.892 bits per heavy atom. The molecule has 0 unspecified atom stereocenters. The van der Waals surface area contributed by atoms with Gasteiger partial charge >= 0.3 is 0 Å². The minimum absolute atomic E-state index is 0.234. The van der Waals surface area contributed by atoms with Gasteiger partial charge in [-0.3, -0.25) is 4.79 Å². The number of amides is 1. The fourth-order valence-corrected chi connectivity index (χ4v) is 5.44. The summed E-state index contributed by atoms with van der Waals surface area (Å²) in [6, 6.07) is 17.6. The maximum absolute atomic E-state index is 13.0. The molecule has 1 fully saturated rings. The Morgan fingerprint density at radius 3 is 2.19 bits per heavy atom. The molecule has 9 heteroatoms. The molecular formula is C28H30N4O4S. The van der Waals surface area contributed by atoms with Crippen LogP contribution in [0.2, 0.25) is 0 Å². The van der Waals surface area contributed by atoms with Gasteiger partial charge in [-0.25, -0.2) is 4.98 Å². The van der Waals surface area contributed by atoms with Crippen molar-refractivity contribution in [2.75, 3.05) is 64.8 Å². The SMILES string of the molecule is COc1cc(NC(=O)c2ccc3nc(-c4ccc(N5CCN(C)CC5)cc4)sc3c2)cc(OC)c1OC. The molecule has 8 nitrogen and oxygen atoms in total. The van der Waals surface area contributed by atoms with Crippen molar-refractivity contribution in [3.05, 3.63) is 60.2 Å². The number of carbonyl (C=O) groups excluding carboxylic acids is 1. The molecule has 2 heterocycles. The summed E-state index contributed by atoms with van der Waals surface area (Å²) in [6.07, 6.45) is 0. The van der Waals surface area contributed by atoms with E-state index in [0.29, 0.717) is 28.5 Å². The fourth-order valence-electron chi connectivity index (χ4n) is 4.43. The number of hydrogen-bond acceptors (Lipinski definition) is 8. The topological polar surface area (TPSA) is 76.2 Å². The number of thiazole rings is 1. The lowest BCUT2D eigenvalue weighted by molar-refractivity contribution is 0.102. The molecule has 1 aromatic heterocycles. The van der Waals surface area contributed by atoms with Gasteiger partial charge in [0.2, 0.25) is 5.75 Å². The van der Waals surface area contributed by atoms with Crippen LogP contribution in [0, 0.1) is 0 Å². The fraction of sp³-hybridized carbons (Fsp3) is 0.286. The zero-order chi connectivity index (χ0) is 25.9. The molecule has 5 rings (SSSR count). The number of benzene rings is 3. The highest BCUT2D eigenvalue weighted by Gasteiger charge is 2.17. The molecule has 1 aliphatic heterocycles. The lowest BCUT2D eigenvalue weighted by atomic mass is 10.1. The Kier molecular flexibility index (Phi) is 7.16. The second-order valence-corrected chi connectivity index (χ2v) is 9.94. The Labute approximate surface area is 220 Å². The van der Waals surface area contributed by atoms with E-state index in [1.54, 1.807) is 36.6 Å². The molecule has 3 aromatic carbocycles. The van der Waals surface area contributed by atoms with Gasteiger partial charge in [0.05, 0.1) is 31.5 Å². The number of fused-ring (bicyclic) bond motifs is 1. The number of hydrogen-bond donors (Lipinski definition) is 1. The average molecular weight is 519 g/mol. The Balaban J connectivity index is 1.34. The second-order valence-electron chi connectivity index (χ2n) is 8.91. The monoisotopic (exact) mass is 518 g/mol. The number of nitrogens with one attached hydrogen (secondary N) is 1. The number of anilines is 2. The summed E-state index contributed by atoms with van der Waals surface area (Å²) < 4.78 is 17.1. The number of ether oxygens (including phenoxy) is 3. The molecule has 37 heavy (non-hydrogen) atoms. The number of methoxy groups -OCH3 is 3. The van der Waals surface area contributed by atoms with Gasteiger partial charge in [0, 0.05) is 60.8 Å². The van der Waals surface area contributed by atoms with Crippen molar-refractivity contribution in [3.63, 3.8) is 0 Å². The van der Waals surface area contributed by atoms with Gasteiger partial charge in [0.1, 0.15) is 5.01 Å². The summed E-state index contributed by atoms with van der Waals surface area (Å²) in [6.45, 7) is 4.24. The van der Waals surface area contributed by atoms with Crippen molar-refractivity contribution in [3.8, 4) is 27.8 Å². The van der Waals surface area contributed by atoms with Crippen LogP contribution >= 0.6 is 11.3 Å². The van der Waals surface area contributed by atoms with Crippen LogP contribution in [0.5, 0.6) is 17.2 Å². The number of likely N-dealkylation sites (N-methyl/N-ethyl adjacent to an activating group) is 1. The van der Waals surface area contributed by atoms with Gasteiger partial charge < -0.3 is 29.3 Å². The molecule has 1 saturated heterocycles. The Bertz CT molecular complexity index is 1390. The molecule has 0 spiro atoms. The lowest BCUT2D eigenvalue weighted by Gasteiger charge is -2.34. The Morgan fingerprint density at radius 2 is 1.57 bits per heavy atom. The van der Waals surface area contributed by atoms with E-state index >= 15 is 0 Å². The highest BCUT2D eigenvalue weighted by molar-refractivity contribution is 7.21. The summed E-state index contributed by atoms with van der Waals surface area (Å²) in [5.41, 5.74) is 4.27. The molecule has 4 aromatic rings. The summed E-state index contributed by atoms with van der Waals surface area (Å²) in [4.78, 5) is 22.6. The van der Waals surface area contributed by atoms with Crippen LogP contribution in [0.4, 0.5) is 11.4 Å². The van der Waals surface area contributed by atoms with Crippen LogP contribution in [0.15, 0.2) is 54.6 Å². The minimum atomic E-state index is -0.234. The standard InChI is InChI=1S/C28H30N4O4S/c1-31-11-13-32(14-12-31)21-8-5-18(6-9-21)28-30-22-10-7-19(15-25(22)37-28)27(33)29-20-16-23(34-2)26(36-4)24(17-20)35-3/h5-10,15-17H,11-14H2,1-4H3,(H,29,33). The largest absolute Gasteiger partial charge is 0.493 e. The van der Waals surface area contributed by atoms with E-state index in [1.165, 1.54) is 19.9 Å². The molecule has 0 bridgehead atoms. The normalized spacial score (nSPS) is 14.0. The van der Waals surface area contributed by atoms with Crippen molar-refractivity contribution in [2.24, 2.45) is 0 Å². The molecule has 1 N–H and O–H groups in total. The third-order valence-electron chi connectivity index (χ3n) is 6.56. The second kappa shape index (κ2) is 10.7. The molecular weight excluding hydrogens is 488 g/mol. The predicted octanol–water partition coefficient (Wildman–Crippen LogP) is 4.99. The maximum atomic E-state index is 13.0. The zero-order valence-corrected chi connectivity index (χ0v) is 22.2. The quantitative estimate of drug-likeness (QED) is 0.369. The molecule has 1 amide bonds. The first-order valence-electron chi connectivity index (χ1n) is 12.0. The van der Waals surface area contributed by atoms with E-state index in [1.807, 2.05) is 12.1 Å². The highest BCUT2D eigenvalue weighted by atomic mass is 32.1. The molecule has 0 atom stereocenters. The van der Waals surface area contributed by atoms with E-state index in [9.17, 15) is 4.79 Å². The van der Waals surface area contributed by atoms with Crippen molar-refractivity contribution in [2.45, 2.75) is 0 Å². The van der Waals surface area contributed by atoms with Gasteiger partial charge in [-0.2, -0.15) is 0 Å². The van der Waals surface area contributed by atoms with E-state index in [2.05, 4.69) is 46.4 Å². The predicted molar refractivity (Wildman–Crippen MR) is 149 cm³/mol. The smallest absolute Gasteiger partial charge is 0.255 e. The maximum Gasteiger partial charge on any atom is 0.255 e. The van der Waals surface area contributed by atoms with Gasteiger partial charge in [0.15, 0.2) is 11.5 Å². The highest BCUT2D eigenvalue weighted by Crippen LogP contribution is 2.40. The first-order valence-corrected chi connectivity index (χ1v) is 12.9. The summed E-state index contributed by atoms with van der Waals surface area (Å²) in [5, 5.41) is 3.86. The van der Waals surface area contributed by atoms with E-state index in [4.69, 9.17) is 19.2 Å². The summed E-state index contributed by atoms with van der Waals surface area (Å²) in [5.74, 6) is 1.18. The van der Waals surface area contributed by atoms with Gasteiger partial charge in [0.25, 0.3) is 5.91 Å².